The summed E-state index contributed by atoms with van der Waals surface area (Å²) in [7, 11) is 1.62. The number of aromatic nitrogens is 3. The van der Waals surface area contributed by atoms with E-state index in [0.717, 1.165) is 39.8 Å². The molecule has 196 valence electrons. The summed E-state index contributed by atoms with van der Waals surface area (Å²) in [6.07, 6.45) is 2.69. The zero-order valence-corrected chi connectivity index (χ0v) is 21.7. The highest BCUT2D eigenvalue weighted by molar-refractivity contribution is 5.90. The van der Waals surface area contributed by atoms with Crippen LogP contribution in [0.25, 0.3) is 11.5 Å². The van der Waals surface area contributed by atoms with Crippen molar-refractivity contribution in [1.82, 2.24) is 19.2 Å². The highest BCUT2D eigenvalue weighted by atomic mass is 19.1. The molecule has 3 heterocycles. The van der Waals surface area contributed by atoms with E-state index in [1.807, 2.05) is 77.6 Å². The molecule has 0 aliphatic carbocycles. The Morgan fingerprint density at radius 1 is 1.00 bits per heavy atom. The van der Waals surface area contributed by atoms with Crippen LogP contribution >= 0.6 is 0 Å². The van der Waals surface area contributed by atoms with Gasteiger partial charge in [-0.3, -0.25) is 0 Å². The third-order valence-corrected chi connectivity index (χ3v) is 7.11. The molecule has 7 nitrogen and oxygen atoms in total. The molecule has 6 rings (SSSR count). The Balaban J connectivity index is 1.55. The monoisotopic (exact) mass is 521 g/mol. The molecule has 1 aliphatic rings. The van der Waals surface area contributed by atoms with Crippen molar-refractivity contribution in [3.8, 4) is 17.3 Å². The van der Waals surface area contributed by atoms with Crippen LogP contribution in [0.5, 0.6) is 5.75 Å². The van der Waals surface area contributed by atoms with Crippen molar-refractivity contribution < 1.29 is 13.9 Å². The number of amides is 2. The Bertz CT molecular complexity index is 1620. The number of nitrogens with zero attached hydrogens (tertiary/aromatic N) is 4. The van der Waals surface area contributed by atoms with Crippen LogP contribution in [0.3, 0.4) is 0 Å². The van der Waals surface area contributed by atoms with Crippen molar-refractivity contribution in [3.63, 3.8) is 0 Å². The lowest BCUT2D eigenvalue weighted by molar-refractivity contribution is 0.194. The largest absolute Gasteiger partial charge is 0.497 e. The van der Waals surface area contributed by atoms with E-state index in [0.29, 0.717) is 6.42 Å². The predicted octanol–water partition coefficient (Wildman–Crippen LogP) is 6.51. The van der Waals surface area contributed by atoms with Crippen LogP contribution in [0.1, 0.15) is 35.5 Å². The van der Waals surface area contributed by atoms with Crippen LogP contribution in [0.2, 0.25) is 0 Å². The summed E-state index contributed by atoms with van der Waals surface area (Å²) in [5.74, 6) is 1.12. The Kier molecular flexibility index (Phi) is 6.36. The van der Waals surface area contributed by atoms with E-state index in [4.69, 9.17) is 9.84 Å². The number of para-hydroxylation sites is 2. The average Bonchev–Trinajstić information content (AvgIpc) is 3.56. The minimum absolute atomic E-state index is 0.131. The Labute approximate surface area is 226 Å². The molecule has 0 bridgehead atoms. The molecule has 0 saturated carbocycles. The summed E-state index contributed by atoms with van der Waals surface area (Å²) in [6, 6.07) is 27.0. The van der Waals surface area contributed by atoms with Gasteiger partial charge >= 0.3 is 6.03 Å². The molecule has 1 aliphatic heterocycles. The van der Waals surface area contributed by atoms with E-state index in [1.54, 1.807) is 30.2 Å². The number of hydrogen-bond donors (Lipinski definition) is 1. The number of carbonyl (C=O) groups excluding carboxylic acids is 1. The molecule has 8 heteroatoms. The van der Waals surface area contributed by atoms with E-state index in [9.17, 15) is 9.18 Å². The lowest BCUT2D eigenvalue weighted by Gasteiger charge is -2.31. The van der Waals surface area contributed by atoms with E-state index < -0.39 is 17.9 Å². The summed E-state index contributed by atoms with van der Waals surface area (Å²) >= 11 is 0. The van der Waals surface area contributed by atoms with Crippen LogP contribution in [0.15, 0.2) is 97.2 Å². The van der Waals surface area contributed by atoms with E-state index in [2.05, 4.69) is 16.8 Å². The number of fused-ring (bicyclic) bond motifs is 3. The van der Waals surface area contributed by atoms with Crippen molar-refractivity contribution in [3.05, 3.63) is 126 Å². The van der Waals surface area contributed by atoms with Gasteiger partial charge in [-0.15, -0.1) is 0 Å². The number of aryl methyl sites for hydroxylation is 1. The molecule has 1 atom stereocenters. The molecule has 0 fully saturated rings. The zero-order valence-electron chi connectivity index (χ0n) is 21.7. The minimum Gasteiger partial charge on any atom is -0.497 e. The van der Waals surface area contributed by atoms with Gasteiger partial charge in [0.1, 0.15) is 17.4 Å². The van der Waals surface area contributed by atoms with Gasteiger partial charge in [-0.1, -0.05) is 49.4 Å². The maximum absolute atomic E-state index is 14.6. The number of rotatable bonds is 5. The number of halogens is 1. The zero-order chi connectivity index (χ0) is 26.9. The van der Waals surface area contributed by atoms with Crippen LogP contribution in [-0.4, -0.2) is 32.4 Å². The molecule has 0 radical (unpaired) electrons. The normalized spacial score (nSPS) is 14.3. The number of carbonyl (C=O) groups is 1. The van der Waals surface area contributed by atoms with Crippen molar-refractivity contribution >= 4 is 11.7 Å². The first-order valence-corrected chi connectivity index (χ1v) is 12.9. The first-order valence-electron chi connectivity index (χ1n) is 12.9. The molecule has 3 aromatic carbocycles. The third kappa shape index (κ3) is 4.33. The van der Waals surface area contributed by atoms with Gasteiger partial charge in [0, 0.05) is 11.8 Å². The maximum Gasteiger partial charge on any atom is 0.323 e. The van der Waals surface area contributed by atoms with Gasteiger partial charge in [-0.25, -0.2) is 13.9 Å². The fourth-order valence-electron chi connectivity index (χ4n) is 5.23. The van der Waals surface area contributed by atoms with E-state index in [1.165, 1.54) is 6.07 Å². The first-order chi connectivity index (χ1) is 19.1. The lowest BCUT2D eigenvalue weighted by atomic mass is 10.0. The highest BCUT2D eigenvalue weighted by Gasteiger charge is 2.36. The number of hydrogen-bond acceptors (Lipinski definition) is 3. The second-order valence-electron chi connectivity index (χ2n) is 9.37. The SMILES string of the molecule is CCc1nn(-c2ccccc2)c2c1CN(C(=O)Nc1ccccc1F)[C@@H](c1ccc(OC)cc1)c1cccn1-2. The van der Waals surface area contributed by atoms with Crippen LogP contribution in [0, 0.1) is 5.82 Å². The van der Waals surface area contributed by atoms with Gasteiger partial charge in [0.15, 0.2) is 0 Å². The van der Waals surface area contributed by atoms with E-state index in [-0.39, 0.29) is 12.2 Å². The van der Waals surface area contributed by atoms with Crippen LogP contribution in [0.4, 0.5) is 14.9 Å². The average molecular weight is 522 g/mol. The number of urea groups is 1. The number of ether oxygens (including phenoxy) is 1. The molecule has 1 N–H and O–H groups in total. The summed E-state index contributed by atoms with van der Waals surface area (Å²) in [4.78, 5) is 15.7. The van der Waals surface area contributed by atoms with Crippen LogP contribution < -0.4 is 10.1 Å². The molecular formula is C31H28FN5O2. The fraction of sp³-hybridized carbons (Fsp3) is 0.161. The molecule has 5 aromatic rings. The number of benzene rings is 3. The van der Waals surface area contributed by atoms with E-state index >= 15 is 0 Å². The molecule has 0 spiro atoms. The van der Waals surface area contributed by atoms with Gasteiger partial charge < -0.3 is 19.5 Å². The van der Waals surface area contributed by atoms with Crippen molar-refractivity contribution in [2.24, 2.45) is 0 Å². The highest BCUT2D eigenvalue weighted by Crippen LogP contribution is 2.39. The van der Waals surface area contributed by atoms with Gasteiger partial charge in [0.25, 0.3) is 0 Å². The summed E-state index contributed by atoms with van der Waals surface area (Å²) in [5.41, 5.74) is 4.69. The molecule has 39 heavy (non-hydrogen) atoms. The molecule has 2 amide bonds. The summed E-state index contributed by atoms with van der Waals surface area (Å²) < 4.78 is 24.0. The molecular weight excluding hydrogens is 493 g/mol. The second-order valence-corrected chi connectivity index (χ2v) is 9.37. The smallest absolute Gasteiger partial charge is 0.323 e. The summed E-state index contributed by atoms with van der Waals surface area (Å²) in [6.45, 7) is 2.34. The third-order valence-electron chi connectivity index (χ3n) is 7.11. The first kappa shape index (κ1) is 24.5. The van der Waals surface area contributed by atoms with Crippen LogP contribution in [-0.2, 0) is 13.0 Å². The van der Waals surface area contributed by atoms with Gasteiger partial charge in [0.2, 0.25) is 0 Å². The quantitative estimate of drug-likeness (QED) is 0.287. The van der Waals surface area contributed by atoms with Crippen molar-refractivity contribution in [2.45, 2.75) is 25.9 Å². The maximum atomic E-state index is 14.6. The van der Waals surface area contributed by atoms with Gasteiger partial charge in [0.05, 0.1) is 42.5 Å². The topological polar surface area (TPSA) is 64.3 Å². The molecule has 0 saturated heterocycles. The number of anilines is 1. The summed E-state index contributed by atoms with van der Waals surface area (Å²) in [5, 5.41) is 7.78. The Morgan fingerprint density at radius 3 is 2.46 bits per heavy atom. The van der Waals surface area contributed by atoms with Gasteiger partial charge in [-0.2, -0.15) is 5.10 Å². The number of nitrogens with one attached hydrogen (secondary N) is 1. The Morgan fingerprint density at radius 2 is 1.74 bits per heavy atom. The number of methoxy groups -OCH3 is 1. The van der Waals surface area contributed by atoms with Crippen molar-refractivity contribution in [1.29, 1.82) is 0 Å². The molecule has 2 aromatic heterocycles. The fourth-order valence-corrected chi connectivity index (χ4v) is 5.23. The minimum atomic E-state index is -0.489. The predicted molar refractivity (Wildman–Crippen MR) is 148 cm³/mol. The van der Waals surface area contributed by atoms with Crippen molar-refractivity contribution in [2.75, 3.05) is 12.4 Å². The lowest BCUT2D eigenvalue weighted by Crippen LogP contribution is -2.38. The van der Waals surface area contributed by atoms with Gasteiger partial charge in [-0.05, 0) is 60.5 Å². The molecule has 0 unspecified atom stereocenters. The standard InChI is InChI=1S/C31H28FN5O2/c1-3-26-24-20-36(31(38)33-27-13-8-7-12-25(27)32)29(21-15-17-23(39-2)18-16-21)28-14-9-19-35(28)30(24)37(34-26)22-10-5-4-6-11-22/h4-19,29H,3,20H2,1-2H3,(H,33,38)/t29-/m0/s1. The second kappa shape index (κ2) is 10.1. The Hall–Kier alpha value is -4.85.